The van der Waals surface area contributed by atoms with E-state index in [0.717, 1.165) is 12.7 Å². The number of hydrogen-bond donors (Lipinski definition) is 2. The molecule has 0 saturated heterocycles. The molecule has 1 rings (SSSR count). The van der Waals surface area contributed by atoms with Crippen molar-refractivity contribution < 1.29 is 17.9 Å². The second-order valence-corrected chi connectivity index (χ2v) is 5.98. The molecule has 0 aliphatic carbocycles. The first kappa shape index (κ1) is 14.6. The average Bonchev–Trinajstić information content (AvgIpc) is 2.36. The average molecular weight is 272 g/mol. The van der Waals surface area contributed by atoms with Crippen LogP contribution in [0.25, 0.3) is 0 Å². The fraction of sp³-hybridized carbons (Fsp3) is 0.364. The minimum Gasteiger partial charge on any atom is -0.468 e. The summed E-state index contributed by atoms with van der Waals surface area (Å²) in [6.07, 6.45) is 0. The Bertz CT molecular complexity index is 524. The number of ether oxygens (including phenoxy) is 1. The number of carbonyl (C=O) groups is 1. The summed E-state index contributed by atoms with van der Waals surface area (Å²) in [5, 5.41) is -1.53. The molecule has 0 aromatic heterocycles. The van der Waals surface area contributed by atoms with E-state index in [1.54, 1.807) is 12.1 Å². The van der Waals surface area contributed by atoms with E-state index in [0.29, 0.717) is 0 Å². The number of rotatable bonds is 4. The van der Waals surface area contributed by atoms with Crippen molar-refractivity contribution in [2.45, 2.75) is 23.2 Å². The maximum absolute atomic E-state index is 12.1. The highest BCUT2D eigenvalue weighted by molar-refractivity contribution is 7.92. The molecule has 0 radical (unpaired) electrons. The molecule has 4 N–H and O–H groups in total. The van der Waals surface area contributed by atoms with E-state index < -0.39 is 27.2 Å². The first-order valence-corrected chi connectivity index (χ1v) is 6.75. The van der Waals surface area contributed by atoms with Crippen LogP contribution in [0.3, 0.4) is 0 Å². The van der Waals surface area contributed by atoms with Gasteiger partial charge >= 0.3 is 5.97 Å². The molecular formula is C11H16N2O4S. The predicted molar refractivity (Wildman–Crippen MR) is 66.3 cm³/mol. The number of methoxy groups -OCH3 is 1. The molecule has 100 valence electrons. The molecule has 0 amide bonds. The van der Waals surface area contributed by atoms with Gasteiger partial charge in [0, 0.05) is 0 Å². The van der Waals surface area contributed by atoms with Gasteiger partial charge in [0.15, 0.2) is 9.84 Å². The van der Waals surface area contributed by atoms with Crippen molar-refractivity contribution >= 4 is 15.8 Å². The zero-order valence-electron chi connectivity index (χ0n) is 10.2. The summed E-state index contributed by atoms with van der Waals surface area (Å²) in [6.45, 7) is 1.83. The number of esters is 1. The topological polar surface area (TPSA) is 112 Å². The summed E-state index contributed by atoms with van der Waals surface area (Å²) in [4.78, 5) is 11.2. The highest BCUT2D eigenvalue weighted by Crippen LogP contribution is 2.16. The summed E-state index contributed by atoms with van der Waals surface area (Å²) in [5.74, 6) is -0.863. The monoisotopic (exact) mass is 272 g/mol. The SMILES string of the molecule is COC(=O)C(N)C(N)S(=O)(=O)c1ccc(C)cc1. The number of sulfone groups is 1. The number of nitrogens with two attached hydrogens (primary N) is 2. The van der Waals surface area contributed by atoms with Crippen molar-refractivity contribution in [2.24, 2.45) is 11.5 Å². The molecule has 0 spiro atoms. The minimum absolute atomic E-state index is 0.0277. The van der Waals surface area contributed by atoms with Crippen molar-refractivity contribution in [2.75, 3.05) is 7.11 Å². The fourth-order valence-corrected chi connectivity index (χ4v) is 2.68. The van der Waals surface area contributed by atoms with Gasteiger partial charge in [0.25, 0.3) is 0 Å². The fourth-order valence-electron chi connectivity index (χ4n) is 1.35. The van der Waals surface area contributed by atoms with Crippen LogP contribution in [0.15, 0.2) is 29.2 Å². The van der Waals surface area contributed by atoms with E-state index in [1.165, 1.54) is 12.1 Å². The van der Waals surface area contributed by atoms with E-state index in [-0.39, 0.29) is 4.90 Å². The lowest BCUT2D eigenvalue weighted by molar-refractivity contribution is -0.142. The largest absolute Gasteiger partial charge is 0.468 e. The van der Waals surface area contributed by atoms with Crippen LogP contribution in [-0.2, 0) is 19.4 Å². The predicted octanol–water partition coefficient (Wildman–Crippen LogP) is -0.446. The molecule has 0 bridgehead atoms. The van der Waals surface area contributed by atoms with Crippen molar-refractivity contribution in [1.82, 2.24) is 0 Å². The molecule has 6 nitrogen and oxygen atoms in total. The van der Waals surface area contributed by atoms with Crippen LogP contribution in [-0.4, -0.2) is 32.9 Å². The van der Waals surface area contributed by atoms with E-state index in [1.807, 2.05) is 6.92 Å². The van der Waals surface area contributed by atoms with E-state index in [4.69, 9.17) is 11.5 Å². The van der Waals surface area contributed by atoms with Crippen molar-refractivity contribution in [3.8, 4) is 0 Å². The van der Waals surface area contributed by atoms with Crippen molar-refractivity contribution in [3.63, 3.8) is 0 Å². The number of aryl methyl sites for hydroxylation is 1. The molecule has 0 aliphatic heterocycles. The standard InChI is InChI=1S/C11H16N2O4S/c1-7-3-5-8(6-4-7)18(15,16)10(13)9(12)11(14)17-2/h3-6,9-10H,12-13H2,1-2H3. The van der Waals surface area contributed by atoms with Crippen molar-refractivity contribution in [3.05, 3.63) is 29.8 Å². The molecule has 0 saturated carbocycles. The maximum Gasteiger partial charge on any atom is 0.325 e. The van der Waals surface area contributed by atoms with E-state index in [2.05, 4.69) is 4.74 Å². The van der Waals surface area contributed by atoms with Gasteiger partial charge in [-0.15, -0.1) is 0 Å². The third kappa shape index (κ3) is 2.87. The van der Waals surface area contributed by atoms with Gasteiger partial charge in [-0.1, -0.05) is 17.7 Å². The molecule has 7 heteroatoms. The first-order valence-electron chi connectivity index (χ1n) is 5.20. The summed E-state index contributed by atoms with van der Waals surface area (Å²) in [7, 11) is -2.74. The quantitative estimate of drug-likeness (QED) is 0.718. The maximum atomic E-state index is 12.1. The van der Waals surface area contributed by atoms with Crippen LogP contribution in [0.5, 0.6) is 0 Å². The Balaban J connectivity index is 3.07. The van der Waals surface area contributed by atoms with E-state index >= 15 is 0 Å². The highest BCUT2D eigenvalue weighted by atomic mass is 32.2. The minimum atomic E-state index is -3.86. The Labute approximate surface area is 106 Å². The summed E-state index contributed by atoms with van der Waals surface area (Å²) < 4.78 is 28.6. The smallest absolute Gasteiger partial charge is 0.325 e. The Morgan fingerprint density at radius 1 is 1.22 bits per heavy atom. The molecule has 2 atom stereocenters. The van der Waals surface area contributed by atoms with Gasteiger partial charge in [-0.2, -0.15) is 0 Å². The molecule has 2 unspecified atom stereocenters. The highest BCUT2D eigenvalue weighted by Gasteiger charge is 2.34. The van der Waals surface area contributed by atoms with Crippen molar-refractivity contribution in [1.29, 1.82) is 0 Å². The molecule has 0 aliphatic rings. The van der Waals surface area contributed by atoms with Crippen LogP contribution in [0.4, 0.5) is 0 Å². The second kappa shape index (κ2) is 5.47. The zero-order chi connectivity index (χ0) is 13.9. The lowest BCUT2D eigenvalue weighted by Gasteiger charge is -2.18. The Kier molecular flexibility index (Phi) is 4.44. The Morgan fingerprint density at radius 3 is 2.17 bits per heavy atom. The Hall–Kier alpha value is -1.44. The lowest BCUT2D eigenvalue weighted by atomic mass is 10.2. The molecular weight excluding hydrogens is 256 g/mol. The van der Waals surface area contributed by atoms with Gasteiger partial charge in [-0.3, -0.25) is 4.79 Å². The van der Waals surface area contributed by atoms with Gasteiger partial charge < -0.3 is 16.2 Å². The molecule has 0 heterocycles. The number of benzene rings is 1. The van der Waals surface area contributed by atoms with Crippen LogP contribution in [0.2, 0.25) is 0 Å². The first-order chi connectivity index (χ1) is 8.30. The number of carbonyl (C=O) groups excluding carboxylic acids is 1. The van der Waals surface area contributed by atoms with Crippen LogP contribution >= 0.6 is 0 Å². The summed E-state index contributed by atoms with van der Waals surface area (Å²) in [5.41, 5.74) is 11.9. The van der Waals surface area contributed by atoms with Crippen LogP contribution < -0.4 is 11.5 Å². The van der Waals surface area contributed by atoms with Gasteiger partial charge in [-0.25, -0.2) is 8.42 Å². The van der Waals surface area contributed by atoms with Gasteiger partial charge in [0.2, 0.25) is 0 Å². The molecule has 1 aromatic rings. The molecule has 0 fully saturated rings. The van der Waals surface area contributed by atoms with Gasteiger partial charge in [0.05, 0.1) is 12.0 Å². The van der Waals surface area contributed by atoms with Crippen LogP contribution in [0.1, 0.15) is 5.56 Å². The summed E-state index contributed by atoms with van der Waals surface area (Å²) in [6, 6.07) is 4.72. The summed E-state index contributed by atoms with van der Waals surface area (Å²) >= 11 is 0. The molecule has 1 aromatic carbocycles. The van der Waals surface area contributed by atoms with Crippen LogP contribution in [0, 0.1) is 6.92 Å². The van der Waals surface area contributed by atoms with Gasteiger partial charge in [0.1, 0.15) is 11.4 Å². The number of hydrogen-bond acceptors (Lipinski definition) is 6. The third-order valence-electron chi connectivity index (χ3n) is 2.54. The Morgan fingerprint density at radius 2 is 1.72 bits per heavy atom. The lowest BCUT2D eigenvalue weighted by Crippen LogP contribution is -2.51. The third-order valence-corrected chi connectivity index (χ3v) is 4.47. The normalized spacial score (nSPS) is 14.9. The van der Waals surface area contributed by atoms with Gasteiger partial charge in [-0.05, 0) is 19.1 Å². The van der Waals surface area contributed by atoms with E-state index in [9.17, 15) is 13.2 Å². The zero-order valence-corrected chi connectivity index (χ0v) is 11.0. The molecule has 18 heavy (non-hydrogen) atoms. The second-order valence-electron chi connectivity index (χ2n) is 3.87.